The largest absolute Gasteiger partial charge is 0.497 e. The summed E-state index contributed by atoms with van der Waals surface area (Å²) in [5.41, 5.74) is 2.58. The van der Waals surface area contributed by atoms with E-state index < -0.39 is 10.0 Å². The molecular formula is C25H27N3O4S2. The Hall–Kier alpha value is -3.01. The Morgan fingerprint density at radius 2 is 1.74 bits per heavy atom. The first kappa shape index (κ1) is 24.1. The monoisotopic (exact) mass is 497 g/mol. The number of nitrogens with zero attached hydrogens (tertiary/aromatic N) is 2. The summed E-state index contributed by atoms with van der Waals surface area (Å²) >= 11 is 1.68. The van der Waals surface area contributed by atoms with E-state index in [1.165, 1.54) is 4.90 Å². The number of benzene rings is 3. The average molecular weight is 498 g/mol. The second kappa shape index (κ2) is 10.9. The van der Waals surface area contributed by atoms with Gasteiger partial charge in [-0.25, -0.2) is 8.42 Å². The third-order valence-electron chi connectivity index (χ3n) is 5.41. The van der Waals surface area contributed by atoms with Gasteiger partial charge < -0.3 is 14.4 Å². The summed E-state index contributed by atoms with van der Waals surface area (Å²) in [6.45, 7) is 2.35. The molecule has 1 N–H and O–H groups in total. The second-order valence-corrected chi connectivity index (χ2v) is 10.1. The maximum absolute atomic E-state index is 13.5. The van der Waals surface area contributed by atoms with Gasteiger partial charge in [-0.15, -0.1) is 11.8 Å². The fraction of sp³-hybridized carbons (Fsp3) is 0.240. The third kappa shape index (κ3) is 5.91. The van der Waals surface area contributed by atoms with Gasteiger partial charge in [-0.05, 0) is 66.4 Å². The van der Waals surface area contributed by atoms with Crippen LogP contribution in [0.2, 0.25) is 0 Å². The van der Waals surface area contributed by atoms with Crippen molar-refractivity contribution in [3.8, 4) is 5.75 Å². The molecule has 0 bridgehead atoms. The Morgan fingerprint density at radius 1 is 1.03 bits per heavy atom. The van der Waals surface area contributed by atoms with E-state index in [1.807, 2.05) is 47.6 Å². The molecule has 178 valence electrons. The summed E-state index contributed by atoms with van der Waals surface area (Å²) in [5, 5.41) is 0. The standard InChI is InChI=1S/C25H27N3O4S2/c1-31-22-8-5-20(6-9-22)27-34(29,30)25-17-21(7-12-24(25)28-13-15-32-16-14-28)26-18-19-3-10-23(33-2)11-4-19/h3-12,17-18,27H,13-16H2,1-2H3. The molecular weight excluding hydrogens is 470 g/mol. The SMILES string of the molecule is COc1ccc(NS(=O)(=O)c2cc(N=Cc3ccc(SC)cc3)ccc2N2CCOCC2)cc1. The van der Waals surface area contributed by atoms with E-state index in [0.29, 0.717) is 49.1 Å². The Balaban J connectivity index is 1.66. The summed E-state index contributed by atoms with van der Waals surface area (Å²) in [4.78, 5) is 7.92. The lowest BCUT2D eigenvalue weighted by Gasteiger charge is -2.30. The van der Waals surface area contributed by atoms with E-state index in [-0.39, 0.29) is 4.90 Å². The van der Waals surface area contributed by atoms with Crippen LogP contribution in [0.25, 0.3) is 0 Å². The molecule has 7 nitrogen and oxygen atoms in total. The number of methoxy groups -OCH3 is 1. The summed E-state index contributed by atoms with van der Waals surface area (Å²) in [6.07, 6.45) is 3.77. The molecule has 0 aromatic heterocycles. The van der Waals surface area contributed by atoms with Crippen LogP contribution in [0, 0.1) is 0 Å². The Bertz CT molecular complexity index is 1240. The highest BCUT2D eigenvalue weighted by atomic mass is 32.2. The van der Waals surface area contributed by atoms with Crippen molar-refractivity contribution < 1.29 is 17.9 Å². The van der Waals surface area contributed by atoms with Gasteiger partial charge in [0.05, 0.1) is 31.7 Å². The summed E-state index contributed by atoms with van der Waals surface area (Å²) < 4.78 is 40.2. The van der Waals surface area contributed by atoms with Crippen molar-refractivity contribution in [3.05, 3.63) is 72.3 Å². The number of rotatable bonds is 8. The number of aliphatic imine (C=N–C) groups is 1. The number of sulfonamides is 1. The van der Waals surface area contributed by atoms with Crippen LogP contribution in [0.1, 0.15) is 5.56 Å². The van der Waals surface area contributed by atoms with Crippen LogP contribution in [0.3, 0.4) is 0 Å². The molecule has 4 rings (SSSR count). The lowest BCUT2D eigenvalue weighted by molar-refractivity contribution is 0.122. The lowest BCUT2D eigenvalue weighted by Crippen LogP contribution is -2.37. The van der Waals surface area contributed by atoms with E-state index >= 15 is 0 Å². The fourth-order valence-electron chi connectivity index (χ4n) is 3.57. The fourth-order valence-corrected chi connectivity index (χ4v) is 5.29. The number of morpholine rings is 1. The van der Waals surface area contributed by atoms with Crippen LogP contribution in [0.15, 0.2) is 81.5 Å². The molecule has 9 heteroatoms. The molecule has 0 unspecified atom stereocenters. The smallest absolute Gasteiger partial charge is 0.264 e. The van der Waals surface area contributed by atoms with Gasteiger partial charge in [0.25, 0.3) is 10.0 Å². The van der Waals surface area contributed by atoms with E-state index in [0.717, 1.165) is 5.56 Å². The molecule has 1 saturated heterocycles. The average Bonchev–Trinajstić information content (AvgIpc) is 2.88. The molecule has 3 aromatic rings. The zero-order valence-corrected chi connectivity index (χ0v) is 20.7. The first-order chi connectivity index (χ1) is 16.5. The van der Waals surface area contributed by atoms with Crippen molar-refractivity contribution in [3.63, 3.8) is 0 Å². The van der Waals surface area contributed by atoms with Gasteiger partial charge in [0.15, 0.2) is 0 Å². The summed E-state index contributed by atoms with van der Waals surface area (Å²) in [5.74, 6) is 0.652. The Morgan fingerprint density at radius 3 is 2.38 bits per heavy atom. The van der Waals surface area contributed by atoms with Crippen molar-refractivity contribution in [1.82, 2.24) is 0 Å². The molecule has 1 fully saturated rings. The van der Waals surface area contributed by atoms with Crippen molar-refractivity contribution in [2.75, 3.05) is 49.3 Å². The second-order valence-electron chi connectivity index (χ2n) is 7.62. The predicted molar refractivity (Wildman–Crippen MR) is 139 cm³/mol. The quantitative estimate of drug-likeness (QED) is 0.356. The van der Waals surface area contributed by atoms with Gasteiger partial charge in [-0.2, -0.15) is 0 Å². The molecule has 0 amide bonds. The van der Waals surface area contributed by atoms with Gasteiger partial charge in [0.2, 0.25) is 0 Å². The molecule has 1 heterocycles. The van der Waals surface area contributed by atoms with E-state index in [2.05, 4.69) is 9.71 Å². The van der Waals surface area contributed by atoms with Crippen LogP contribution in [0.5, 0.6) is 5.75 Å². The molecule has 1 aliphatic heterocycles. The summed E-state index contributed by atoms with van der Waals surface area (Å²) in [7, 11) is -2.31. The van der Waals surface area contributed by atoms with Crippen molar-refractivity contribution in [2.45, 2.75) is 9.79 Å². The topological polar surface area (TPSA) is 80.2 Å². The number of hydrogen-bond donors (Lipinski definition) is 1. The molecule has 3 aromatic carbocycles. The van der Waals surface area contributed by atoms with Crippen molar-refractivity contribution in [2.24, 2.45) is 4.99 Å². The van der Waals surface area contributed by atoms with E-state index in [9.17, 15) is 8.42 Å². The molecule has 0 atom stereocenters. The van der Waals surface area contributed by atoms with Crippen LogP contribution in [-0.2, 0) is 14.8 Å². The van der Waals surface area contributed by atoms with Gasteiger partial charge in [-0.1, -0.05) is 12.1 Å². The van der Waals surface area contributed by atoms with Crippen LogP contribution in [-0.4, -0.2) is 54.3 Å². The minimum absolute atomic E-state index is 0.178. The Labute approximate surface area is 204 Å². The normalized spacial score (nSPS) is 14.4. The van der Waals surface area contributed by atoms with Crippen molar-refractivity contribution in [1.29, 1.82) is 0 Å². The minimum Gasteiger partial charge on any atom is -0.497 e. The van der Waals surface area contributed by atoms with Gasteiger partial charge in [0.1, 0.15) is 10.6 Å². The highest BCUT2D eigenvalue weighted by molar-refractivity contribution is 7.98. The van der Waals surface area contributed by atoms with Crippen LogP contribution in [0.4, 0.5) is 17.1 Å². The molecule has 0 aliphatic carbocycles. The molecule has 0 spiro atoms. The van der Waals surface area contributed by atoms with Crippen LogP contribution < -0.4 is 14.4 Å². The van der Waals surface area contributed by atoms with E-state index in [4.69, 9.17) is 9.47 Å². The van der Waals surface area contributed by atoms with Crippen LogP contribution >= 0.6 is 11.8 Å². The number of ether oxygens (including phenoxy) is 2. The van der Waals surface area contributed by atoms with Gasteiger partial charge >= 0.3 is 0 Å². The highest BCUT2D eigenvalue weighted by Gasteiger charge is 2.24. The number of hydrogen-bond acceptors (Lipinski definition) is 7. The molecule has 1 aliphatic rings. The van der Waals surface area contributed by atoms with Gasteiger partial charge in [-0.3, -0.25) is 9.71 Å². The first-order valence-corrected chi connectivity index (χ1v) is 13.5. The number of nitrogens with one attached hydrogen (secondary N) is 1. The molecule has 0 radical (unpaired) electrons. The Kier molecular flexibility index (Phi) is 7.77. The number of thioether (sulfide) groups is 1. The van der Waals surface area contributed by atoms with Gasteiger partial charge in [0, 0.05) is 29.9 Å². The minimum atomic E-state index is -3.88. The third-order valence-corrected chi connectivity index (χ3v) is 7.56. The van der Waals surface area contributed by atoms with E-state index in [1.54, 1.807) is 55.4 Å². The molecule has 34 heavy (non-hydrogen) atoms. The first-order valence-electron chi connectivity index (χ1n) is 10.8. The zero-order valence-electron chi connectivity index (χ0n) is 19.1. The molecule has 0 saturated carbocycles. The maximum atomic E-state index is 13.5. The van der Waals surface area contributed by atoms with Crippen molar-refractivity contribution >= 4 is 45.1 Å². The predicted octanol–water partition coefficient (Wildman–Crippen LogP) is 4.81. The maximum Gasteiger partial charge on any atom is 0.264 e. The summed E-state index contributed by atoms with van der Waals surface area (Å²) in [6, 6.07) is 20.1. The number of anilines is 2. The highest BCUT2D eigenvalue weighted by Crippen LogP contribution is 2.32. The zero-order chi connectivity index (χ0) is 24.0. The lowest BCUT2D eigenvalue weighted by atomic mass is 10.2.